The lowest BCUT2D eigenvalue weighted by atomic mass is 10.1. The second-order valence-electron chi connectivity index (χ2n) is 7.01. The Morgan fingerprint density at radius 2 is 1.86 bits per heavy atom. The minimum atomic E-state index is -0.975. The van der Waals surface area contributed by atoms with Crippen molar-refractivity contribution in [2.24, 2.45) is 0 Å². The van der Waals surface area contributed by atoms with E-state index in [0.29, 0.717) is 0 Å². The van der Waals surface area contributed by atoms with Crippen LogP contribution >= 0.6 is 0 Å². The van der Waals surface area contributed by atoms with E-state index in [1.807, 2.05) is 20.8 Å². The van der Waals surface area contributed by atoms with Gasteiger partial charge in [-0.15, -0.1) is 0 Å². The van der Waals surface area contributed by atoms with Crippen LogP contribution in [0, 0.1) is 0 Å². The Hall–Kier alpha value is -0.650. The van der Waals surface area contributed by atoms with Crippen molar-refractivity contribution >= 4 is 5.97 Å². The zero-order chi connectivity index (χ0) is 16.8. The van der Waals surface area contributed by atoms with E-state index in [0.717, 1.165) is 32.1 Å². The zero-order valence-electron chi connectivity index (χ0n) is 14.6. The number of ether oxygens (including phenoxy) is 3. The molecule has 0 radical (unpaired) electrons. The van der Waals surface area contributed by atoms with Crippen LogP contribution in [0.2, 0.25) is 0 Å². The maximum atomic E-state index is 12.2. The Morgan fingerprint density at radius 3 is 2.50 bits per heavy atom. The standard InChI is InChI=1S/C17H32O5/c1-12(2)21-13(3)11-20-16(19)17(4,5)22-15-8-6-7-14(18)9-10-15/h12-15,18H,6-11H2,1-5H3. The molecule has 22 heavy (non-hydrogen) atoms. The van der Waals surface area contributed by atoms with Crippen molar-refractivity contribution in [1.29, 1.82) is 0 Å². The van der Waals surface area contributed by atoms with Crippen LogP contribution in [0.3, 0.4) is 0 Å². The lowest BCUT2D eigenvalue weighted by Crippen LogP contribution is -2.41. The molecule has 1 aliphatic carbocycles. The van der Waals surface area contributed by atoms with Gasteiger partial charge in [0.15, 0.2) is 5.60 Å². The number of carbonyl (C=O) groups excluding carboxylic acids is 1. The quantitative estimate of drug-likeness (QED) is 0.578. The number of hydrogen-bond donors (Lipinski definition) is 1. The van der Waals surface area contributed by atoms with Crippen molar-refractivity contribution in [2.75, 3.05) is 6.61 Å². The normalized spacial score (nSPS) is 24.9. The fourth-order valence-electron chi connectivity index (χ4n) is 2.70. The SMILES string of the molecule is CC(C)OC(C)COC(=O)C(C)(C)OC1CCCC(O)CC1. The van der Waals surface area contributed by atoms with Gasteiger partial charge in [-0.05, 0) is 66.7 Å². The summed E-state index contributed by atoms with van der Waals surface area (Å²) in [6.07, 6.45) is 3.87. The van der Waals surface area contributed by atoms with E-state index < -0.39 is 5.60 Å². The highest BCUT2D eigenvalue weighted by Crippen LogP contribution is 2.25. The number of carbonyl (C=O) groups is 1. The molecule has 0 saturated heterocycles. The second-order valence-corrected chi connectivity index (χ2v) is 7.01. The monoisotopic (exact) mass is 316 g/mol. The summed E-state index contributed by atoms with van der Waals surface area (Å²) in [5.74, 6) is -0.364. The molecule has 0 aliphatic heterocycles. The van der Waals surface area contributed by atoms with Crippen molar-refractivity contribution in [1.82, 2.24) is 0 Å². The predicted molar refractivity (Wildman–Crippen MR) is 84.7 cm³/mol. The summed E-state index contributed by atoms with van der Waals surface area (Å²) in [6, 6.07) is 0. The summed E-state index contributed by atoms with van der Waals surface area (Å²) in [5, 5.41) is 9.67. The average Bonchev–Trinajstić information content (AvgIpc) is 2.59. The third-order valence-corrected chi connectivity index (χ3v) is 3.79. The van der Waals surface area contributed by atoms with Crippen LogP contribution in [0.15, 0.2) is 0 Å². The molecular formula is C17H32O5. The van der Waals surface area contributed by atoms with Gasteiger partial charge in [-0.1, -0.05) is 0 Å². The molecule has 5 heteroatoms. The first-order valence-corrected chi connectivity index (χ1v) is 8.39. The maximum absolute atomic E-state index is 12.2. The van der Waals surface area contributed by atoms with Crippen molar-refractivity contribution in [3.8, 4) is 0 Å². The van der Waals surface area contributed by atoms with Crippen LogP contribution < -0.4 is 0 Å². The smallest absolute Gasteiger partial charge is 0.337 e. The van der Waals surface area contributed by atoms with Gasteiger partial charge in [-0.25, -0.2) is 4.79 Å². The molecular weight excluding hydrogens is 284 g/mol. The molecule has 1 saturated carbocycles. The summed E-state index contributed by atoms with van der Waals surface area (Å²) in [6.45, 7) is 9.49. The molecule has 3 unspecified atom stereocenters. The first-order valence-electron chi connectivity index (χ1n) is 8.39. The molecule has 3 atom stereocenters. The maximum Gasteiger partial charge on any atom is 0.337 e. The van der Waals surface area contributed by atoms with Crippen LogP contribution in [0.5, 0.6) is 0 Å². The Kier molecular flexibility index (Phi) is 7.80. The van der Waals surface area contributed by atoms with Crippen LogP contribution in [0.25, 0.3) is 0 Å². The van der Waals surface area contributed by atoms with E-state index in [2.05, 4.69) is 0 Å². The lowest BCUT2D eigenvalue weighted by Gasteiger charge is -2.29. The van der Waals surface area contributed by atoms with E-state index >= 15 is 0 Å². The average molecular weight is 316 g/mol. The molecule has 1 aliphatic rings. The van der Waals surface area contributed by atoms with Crippen molar-refractivity contribution in [2.45, 2.75) is 96.7 Å². The fourth-order valence-corrected chi connectivity index (χ4v) is 2.70. The molecule has 1 N–H and O–H groups in total. The van der Waals surface area contributed by atoms with Gasteiger partial charge in [-0.2, -0.15) is 0 Å². The lowest BCUT2D eigenvalue weighted by molar-refractivity contribution is -0.179. The first-order chi connectivity index (χ1) is 10.2. The Balaban J connectivity index is 2.41. The Labute approximate surface area is 134 Å². The second kappa shape index (κ2) is 8.85. The van der Waals surface area contributed by atoms with Crippen molar-refractivity contribution < 1.29 is 24.1 Å². The first kappa shape index (κ1) is 19.4. The summed E-state index contributed by atoms with van der Waals surface area (Å²) < 4.78 is 16.8. The van der Waals surface area contributed by atoms with Crippen molar-refractivity contribution in [3.63, 3.8) is 0 Å². The van der Waals surface area contributed by atoms with E-state index in [-0.39, 0.29) is 37.0 Å². The highest BCUT2D eigenvalue weighted by molar-refractivity contribution is 5.78. The summed E-state index contributed by atoms with van der Waals surface area (Å²) >= 11 is 0. The minimum Gasteiger partial charge on any atom is -0.461 e. The van der Waals surface area contributed by atoms with Gasteiger partial charge in [0.1, 0.15) is 6.61 Å². The van der Waals surface area contributed by atoms with Gasteiger partial charge in [-0.3, -0.25) is 0 Å². The minimum absolute atomic E-state index is 0.00374. The molecule has 130 valence electrons. The zero-order valence-corrected chi connectivity index (χ0v) is 14.6. The topological polar surface area (TPSA) is 65.0 Å². The van der Waals surface area contributed by atoms with Gasteiger partial charge in [0.25, 0.3) is 0 Å². The molecule has 5 nitrogen and oxygen atoms in total. The van der Waals surface area contributed by atoms with E-state index in [1.165, 1.54) is 0 Å². The van der Waals surface area contributed by atoms with Gasteiger partial charge in [0.05, 0.1) is 24.4 Å². The van der Waals surface area contributed by atoms with Gasteiger partial charge < -0.3 is 19.3 Å². The molecule has 0 spiro atoms. The third-order valence-electron chi connectivity index (χ3n) is 3.79. The van der Waals surface area contributed by atoms with Gasteiger partial charge >= 0.3 is 5.97 Å². The summed E-state index contributed by atoms with van der Waals surface area (Å²) in [4.78, 5) is 12.2. The molecule has 1 rings (SSSR count). The summed E-state index contributed by atoms with van der Waals surface area (Å²) in [5.41, 5.74) is -0.975. The van der Waals surface area contributed by atoms with Crippen LogP contribution in [0.1, 0.15) is 66.7 Å². The van der Waals surface area contributed by atoms with Crippen molar-refractivity contribution in [3.05, 3.63) is 0 Å². The number of aliphatic hydroxyl groups excluding tert-OH is 1. The Bertz CT molecular complexity index is 340. The molecule has 0 aromatic heterocycles. The van der Waals surface area contributed by atoms with E-state index in [9.17, 15) is 9.90 Å². The number of rotatable bonds is 7. The van der Waals surface area contributed by atoms with Gasteiger partial charge in [0, 0.05) is 0 Å². The largest absolute Gasteiger partial charge is 0.461 e. The predicted octanol–water partition coefficient (Wildman–Crippen LogP) is 2.83. The van der Waals surface area contributed by atoms with E-state index in [1.54, 1.807) is 13.8 Å². The highest BCUT2D eigenvalue weighted by atomic mass is 16.6. The van der Waals surface area contributed by atoms with Gasteiger partial charge in [0.2, 0.25) is 0 Å². The summed E-state index contributed by atoms with van der Waals surface area (Å²) in [7, 11) is 0. The number of hydrogen-bond acceptors (Lipinski definition) is 5. The molecule has 0 amide bonds. The number of esters is 1. The molecule has 0 aromatic rings. The molecule has 0 bridgehead atoms. The highest BCUT2D eigenvalue weighted by Gasteiger charge is 2.34. The molecule has 0 heterocycles. The van der Waals surface area contributed by atoms with Crippen LogP contribution in [0.4, 0.5) is 0 Å². The fraction of sp³-hybridized carbons (Fsp3) is 0.941. The van der Waals surface area contributed by atoms with E-state index in [4.69, 9.17) is 14.2 Å². The van der Waals surface area contributed by atoms with Crippen LogP contribution in [-0.2, 0) is 19.0 Å². The Morgan fingerprint density at radius 1 is 1.18 bits per heavy atom. The number of aliphatic hydroxyl groups is 1. The molecule has 0 aromatic carbocycles. The van der Waals surface area contributed by atoms with Crippen LogP contribution in [-0.4, -0.2) is 47.7 Å². The third kappa shape index (κ3) is 7.07. The molecule has 1 fully saturated rings.